The van der Waals surface area contributed by atoms with E-state index < -0.39 is 0 Å². The number of halogens is 1. The lowest BCUT2D eigenvalue weighted by atomic mass is 10.1. The van der Waals surface area contributed by atoms with Gasteiger partial charge >= 0.3 is 0 Å². The molecule has 3 heteroatoms. The van der Waals surface area contributed by atoms with Crippen molar-refractivity contribution in [1.29, 1.82) is 0 Å². The lowest BCUT2D eigenvalue weighted by Gasteiger charge is -2.14. The van der Waals surface area contributed by atoms with Crippen LogP contribution in [0.4, 0.5) is 4.39 Å². The monoisotopic (exact) mass is 285 g/mol. The van der Waals surface area contributed by atoms with Gasteiger partial charge in [-0.1, -0.05) is 18.2 Å². The topological polar surface area (TPSA) is 35.2 Å². The highest BCUT2D eigenvalue weighted by molar-refractivity contribution is 5.38. The number of aryl methyl sites for hydroxylation is 2. The van der Waals surface area contributed by atoms with Gasteiger partial charge < -0.3 is 10.5 Å². The summed E-state index contributed by atoms with van der Waals surface area (Å²) in [5, 5.41) is 0. The summed E-state index contributed by atoms with van der Waals surface area (Å²) in [6.07, 6.45) is 3.58. The molecule has 3 rings (SSSR count). The third-order valence-corrected chi connectivity index (χ3v) is 4.02. The van der Waals surface area contributed by atoms with Crippen LogP contribution in [0.15, 0.2) is 36.4 Å². The molecule has 0 saturated heterocycles. The number of ether oxygens (including phenoxy) is 1. The lowest BCUT2D eigenvalue weighted by Crippen LogP contribution is -2.08. The molecule has 2 aromatic carbocycles. The van der Waals surface area contributed by atoms with E-state index >= 15 is 0 Å². The first kappa shape index (κ1) is 14.1. The number of nitrogens with two attached hydrogens (primary N) is 1. The zero-order chi connectivity index (χ0) is 14.8. The fourth-order valence-electron chi connectivity index (χ4n) is 2.88. The zero-order valence-corrected chi connectivity index (χ0v) is 12.2. The number of fused-ring (bicyclic) bond motifs is 1. The largest absolute Gasteiger partial charge is 0.489 e. The van der Waals surface area contributed by atoms with Crippen LogP contribution in [0.5, 0.6) is 5.75 Å². The van der Waals surface area contributed by atoms with E-state index in [4.69, 9.17) is 10.5 Å². The molecule has 0 saturated carbocycles. The minimum Gasteiger partial charge on any atom is -0.489 e. The number of hydrogen-bond acceptors (Lipinski definition) is 2. The van der Waals surface area contributed by atoms with E-state index in [0.717, 1.165) is 12.0 Å². The molecular weight excluding hydrogens is 265 g/mol. The SMILES string of the molecule is C[C@H](N)c1cc(F)ccc1OCc1ccc2c(c1)CCC2. The van der Waals surface area contributed by atoms with Crippen LogP contribution in [-0.4, -0.2) is 0 Å². The molecule has 0 spiro atoms. The molecule has 2 N–H and O–H groups in total. The summed E-state index contributed by atoms with van der Waals surface area (Å²) in [7, 11) is 0. The first-order valence-corrected chi connectivity index (χ1v) is 7.42. The normalized spacial score (nSPS) is 14.8. The Bertz CT molecular complexity index is 652. The van der Waals surface area contributed by atoms with Crippen LogP contribution in [0.2, 0.25) is 0 Å². The highest BCUT2D eigenvalue weighted by atomic mass is 19.1. The van der Waals surface area contributed by atoms with Crippen molar-refractivity contribution >= 4 is 0 Å². The first-order chi connectivity index (χ1) is 10.1. The van der Waals surface area contributed by atoms with E-state index in [9.17, 15) is 4.39 Å². The Morgan fingerprint density at radius 2 is 1.95 bits per heavy atom. The molecule has 0 amide bonds. The predicted octanol–water partition coefficient (Wildman–Crippen LogP) is 3.91. The van der Waals surface area contributed by atoms with Crippen LogP contribution in [-0.2, 0) is 19.4 Å². The standard InChI is InChI=1S/C18H20FNO/c1-12(20)17-10-16(19)7-8-18(17)21-11-13-5-6-14-3-2-4-15(14)9-13/h5-10,12H,2-4,11,20H2,1H3/t12-/m0/s1. The van der Waals surface area contributed by atoms with Crippen molar-refractivity contribution in [2.24, 2.45) is 5.73 Å². The highest BCUT2D eigenvalue weighted by Crippen LogP contribution is 2.27. The molecule has 0 aliphatic heterocycles. The molecule has 0 unspecified atom stereocenters. The molecular formula is C18H20FNO. The number of rotatable bonds is 4. The molecule has 2 aromatic rings. The molecule has 1 aliphatic rings. The van der Waals surface area contributed by atoms with Gasteiger partial charge in [-0.2, -0.15) is 0 Å². The van der Waals surface area contributed by atoms with Gasteiger partial charge in [0, 0.05) is 11.6 Å². The van der Waals surface area contributed by atoms with E-state index in [1.54, 1.807) is 6.07 Å². The van der Waals surface area contributed by atoms with Crippen molar-refractivity contribution in [2.75, 3.05) is 0 Å². The van der Waals surface area contributed by atoms with Crippen molar-refractivity contribution in [1.82, 2.24) is 0 Å². The number of hydrogen-bond donors (Lipinski definition) is 1. The van der Waals surface area contributed by atoms with Gasteiger partial charge in [0.25, 0.3) is 0 Å². The summed E-state index contributed by atoms with van der Waals surface area (Å²) in [5.41, 5.74) is 10.6. The van der Waals surface area contributed by atoms with E-state index in [0.29, 0.717) is 17.9 Å². The van der Waals surface area contributed by atoms with Gasteiger partial charge in [0.15, 0.2) is 0 Å². The number of benzene rings is 2. The Kier molecular flexibility index (Phi) is 3.93. The van der Waals surface area contributed by atoms with Crippen LogP contribution in [0, 0.1) is 5.82 Å². The van der Waals surface area contributed by atoms with Crippen molar-refractivity contribution in [2.45, 2.75) is 38.8 Å². The van der Waals surface area contributed by atoms with E-state index in [2.05, 4.69) is 18.2 Å². The quantitative estimate of drug-likeness (QED) is 0.924. The van der Waals surface area contributed by atoms with E-state index in [1.165, 1.54) is 36.1 Å². The highest BCUT2D eigenvalue weighted by Gasteiger charge is 2.12. The van der Waals surface area contributed by atoms with Gasteiger partial charge in [-0.05, 0) is 61.1 Å². The molecule has 1 aliphatic carbocycles. The van der Waals surface area contributed by atoms with Crippen LogP contribution in [0.3, 0.4) is 0 Å². The maximum absolute atomic E-state index is 13.3. The second-order valence-electron chi connectivity index (χ2n) is 5.72. The maximum Gasteiger partial charge on any atom is 0.124 e. The second-order valence-corrected chi connectivity index (χ2v) is 5.72. The van der Waals surface area contributed by atoms with Gasteiger partial charge in [-0.25, -0.2) is 4.39 Å². The summed E-state index contributed by atoms with van der Waals surface area (Å²) in [6.45, 7) is 2.32. The first-order valence-electron chi connectivity index (χ1n) is 7.42. The summed E-state index contributed by atoms with van der Waals surface area (Å²) in [5.74, 6) is 0.374. The van der Waals surface area contributed by atoms with Gasteiger partial charge in [-0.3, -0.25) is 0 Å². The molecule has 110 valence electrons. The fourth-order valence-corrected chi connectivity index (χ4v) is 2.88. The Morgan fingerprint density at radius 1 is 1.14 bits per heavy atom. The summed E-state index contributed by atoms with van der Waals surface area (Å²) >= 11 is 0. The Hall–Kier alpha value is -1.87. The van der Waals surface area contributed by atoms with E-state index in [1.807, 2.05) is 6.92 Å². The van der Waals surface area contributed by atoms with Crippen LogP contribution >= 0.6 is 0 Å². The Labute approximate surface area is 124 Å². The molecule has 21 heavy (non-hydrogen) atoms. The average Bonchev–Trinajstić information content (AvgIpc) is 2.93. The smallest absolute Gasteiger partial charge is 0.124 e. The molecule has 0 heterocycles. The summed E-state index contributed by atoms with van der Waals surface area (Å²) in [6, 6.07) is 10.8. The van der Waals surface area contributed by atoms with Crippen LogP contribution < -0.4 is 10.5 Å². The van der Waals surface area contributed by atoms with Gasteiger partial charge in [-0.15, -0.1) is 0 Å². The van der Waals surface area contributed by atoms with Crippen molar-refractivity contribution in [3.63, 3.8) is 0 Å². The van der Waals surface area contributed by atoms with E-state index in [-0.39, 0.29) is 11.9 Å². The van der Waals surface area contributed by atoms with Crippen molar-refractivity contribution in [3.05, 3.63) is 64.5 Å². The molecule has 1 atom stereocenters. The van der Waals surface area contributed by atoms with Crippen molar-refractivity contribution in [3.8, 4) is 5.75 Å². The van der Waals surface area contributed by atoms with Gasteiger partial charge in [0.2, 0.25) is 0 Å². The van der Waals surface area contributed by atoms with Crippen molar-refractivity contribution < 1.29 is 9.13 Å². The third kappa shape index (κ3) is 3.08. The molecule has 0 aromatic heterocycles. The zero-order valence-electron chi connectivity index (χ0n) is 12.2. The molecule has 0 radical (unpaired) electrons. The molecule has 0 bridgehead atoms. The Morgan fingerprint density at radius 3 is 2.76 bits per heavy atom. The maximum atomic E-state index is 13.3. The minimum absolute atomic E-state index is 0.254. The Balaban J connectivity index is 1.76. The average molecular weight is 285 g/mol. The molecule has 2 nitrogen and oxygen atoms in total. The predicted molar refractivity (Wildman–Crippen MR) is 81.8 cm³/mol. The molecule has 0 fully saturated rings. The summed E-state index contributed by atoms with van der Waals surface area (Å²) < 4.78 is 19.2. The van der Waals surface area contributed by atoms with Crippen LogP contribution in [0.1, 0.15) is 41.6 Å². The fraction of sp³-hybridized carbons (Fsp3) is 0.333. The van der Waals surface area contributed by atoms with Gasteiger partial charge in [0.1, 0.15) is 18.2 Å². The second kappa shape index (κ2) is 5.86. The van der Waals surface area contributed by atoms with Crippen LogP contribution in [0.25, 0.3) is 0 Å². The van der Waals surface area contributed by atoms with Gasteiger partial charge in [0.05, 0.1) is 0 Å². The third-order valence-electron chi connectivity index (χ3n) is 4.02. The lowest BCUT2D eigenvalue weighted by molar-refractivity contribution is 0.301. The minimum atomic E-state index is -0.285. The summed E-state index contributed by atoms with van der Waals surface area (Å²) in [4.78, 5) is 0.